The number of hydrogen-bond acceptors (Lipinski definition) is 1. The van der Waals surface area contributed by atoms with Gasteiger partial charge in [-0.15, -0.1) is 0 Å². The summed E-state index contributed by atoms with van der Waals surface area (Å²) in [7, 11) is 0. The second-order valence-electron chi connectivity index (χ2n) is 4.63. The smallest absolute Gasteiger partial charge is 0.182 e. The highest BCUT2D eigenvalue weighted by Crippen LogP contribution is 2.21. The molecule has 0 aliphatic carbocycles. The minimum atomic E-state index is 0.123. The van der Waals surface area contributed by atoms with Crippen molar-refractivity contribution in [2.75, 3.05) is 0 Å². The van der Waals surface area contributed by atoms with Crippen LogP contribution >= 0.6 is 15.9 Å². The molecule has 2 aromatic carbocycles. The summed E-state index contributed by atoms with van der Waals surface area (Å²) in [5, 5.41) is 0. The normalized spacial score (nSPS) is 10.4. The molecule has 2 rings (SSSR count). The van der Waals surface area contributed by atoms with Crippen molar-refractivity contribution in [3.63, 3.8) is 0 Å². The third-order valence-corrected chi connectivity index (χ3v) is 3.57. The maximum atomic E-state index is 12.3. The molecule has 98 valence electrons. The minimum absolute atomic E-state index is 0.123. The number of rotatable bonds is 4. The van der Waals surface area contributed by atoms with E-state index < -0.39 is 0 Å². The first kappa shape index (κ1) is 14.0. The van der Waals surface area contributed by atoms with Gasteiger partial charge in [-0.25, -0.2) is 0 Å². The first-order valence-corrected chi connectivity index (χ1v) is 7.39. The van der Waals surface area contributed by atoms with Crippen LogP contribution in [-0.4, -0.2) is 0 Å². The summed E-state index contributed by atoms with van der Waals surface area (Å²) in [6.45, 7) is 2.14. The highest BCUT2D eigenvalue weighted by molar-refractivity contribution is 9.10. The molecule has 0 amide bonds. The van der Waals surface area contributed by atoms with Crippen LogP contribution < -0.4 is 5.43 Å². The summed E-state index contributed by atoms with van der Waals surface area (Å²) in [4.78, 5) is 12.3. The van der Waals surface area contributed by atoms with E-state index in [1.54, 1.807) is 6.07 Å². The van der Waals surface area contributed by atoms with E-state index in [1.807, 2.05) is 42.5 Å². The zero-order chi connectivity index (χ0) is 13.7. The Bertz CT molecular complexity index is 605. The predicted molar refractivity (Wildman–Crippen MR) is 84.5 cm³/mol. The third-order valence-electron chi connectivity index (χ3n) is 3.12. The van der Waals surface area contributed by atoms with Crippen molar-refractivity contribution in [2.45, 2.75) is 26.2 Å². The van der Waals surface area contributed by atoms with Crippen LogP contribution in [0.4, 0.5) is 0 Å². The molecule has 0 aromatic heterocycles. The lowest BCUT2D eigenvalue weighted by molar-refractivity contribution is 0.792. The lowest BCUT2D eigenvalue weighted by Gasteiger charge is -1.97. The van der Waals surface area contributed by atoms with Crippen molar-refractivity contribution in [1.29, 1.82) is 0 Å². The number of benzene rings is 1. The van der Waals surface area contributed by atoms with E-state index in [9.17, 15) is 4.79 Å². The fourth-order valence-corrected chi connectivity index (χ4v) is 2.59. The van der Waals surface area contributed by atoms with Gasteiger partial charge in [0.2, 0.25) is 0 Å². The Balaban J connectivity index is 2.49. The first-order valence-electron chi connectivity index (χ1n) is 6.60. The monoisotopic (exact) mass is 316 g/mol. The van der Waals surface area contributed by atoms with Gasteiger partial charge in [-0.05, 0) is 42.2 Å². The Hall–Kier alpha value is -1.41. The molecule has 0 saturated carbocycles. The molecule has 0 bridgehead atoms. The SMILES string of the molecule is CCCCc1cc(Br)cc(-c2ccccc2)cc1=O. The molecule has 0 aliphatic heterocycles. The summed E-state index contributed by atoms with van der Waals surface area (Å²) in [6, 6.07) is 15.7. The lowest BCUT2D eigenvalue weighted by Crippen LogP contribution is -2.04. The van der Waals surface area contributed by atoms with Crippen molar-refractivity contribution in [1.82, 2.24) is 0 Å². The van der Waals surface area contributed by atoms with Gasteiger partial charge in [0.05, 0.1) is 0 Å². The predicted octanol–water partition coefficient (Wildman–Crippen LogP) is 4.82. The zero-order valence-electron chi connectivity index (χ0n) is 11.0. The van der Waals surface area contributed by atoms with Gasteiger partial charge in [0.1, 0.15) is 0 Å². The van der Waals surface area contributed by atoms with E-state index in [-0.39, 0.29) is 5.43 Å². The topological polar surface area (TPSA) is 17.1 Å². The minimum Gasteiger partial charge on any atom is -0.290 e. The molecule has 0 radical (unpaired) electrons. The zero-order valence-corrected chi connectivity index (χ0v) is 12.6. The number of halogens is 1. The van der Waals surface area contributed by atoms with Gasteiger partial charge in [0.15, 0.2) is 5.43 Å². The van der Waals surface area contributed by atoms with Crippen molar-refractivity contribution in [3.8, 4) is 11.1 Å². The Labute approximate surface area is 122 Å². The molecule has 0 saturated heterocycles. The van der Waals surface area contributed by atoms with E-state index in [0.717, 1.165) is 40.4 Å². The van der Waals surface area contributed by atoms with Gasteiger partial charge in [0.25, 0.3) is 0 Å². The van der Waals surface area contributed by atoms with E-state index in [2.05, 4.69) is 22.9 Å². The molecule has 2 aromatic rings. The van der Waals surface area contributed by atoms with Crippen molar-refractivity contribution in [2.24, 2.45) is 0 Å². The lowest BCUT2D eigenvalue weighted by atomic mass is 10.1. The summed E-state index contributed by atoms with van der Waals surface area (Å²) >= 11 is 3.53. The second-order valence-corrected chi connectivity index (χ2v) is 5.55. The summed E-state index contributed by atoms with van der Waals surface area (Å²) < 4.78 is 0.958. The Kier molecular flexibility index (Phi) is 4.92. The van der Waals surface area contributed by atoms with Crippen LogP contribution in [0.15, 0.2) is 57.8 Å². The second kappa shape index (κ2) is 6.67. The molecule has 0 heterocycles. The van der Waals surface area contributed by atoms with Crippen LogP contribution in [0.25, 0.3) is 11.1 Å². The number of aryl methyl sites for hydroxylation is 1. The first-order chi connectivity index (χ1) is 9.20. The van der Waals surface area contributed by atoms with Crippen molar-refractivity contribution in [3.05, 3.63) is 68.8 Å². The number of hydrogen-bond donors (Lipinski definition) is 0. The largest absolute Gasteiger partial charge is 0.290 e. The van der Waals surface area contributed by atoms with Gasteiger partial charge in [-0.2, -0.15) is 0 Å². The van der Waals surface area contributed by atoms with Crippen LogP contribution in [0.1, 0.15) is 25.3 Å². The fourth-order valence-electron chi connectivity index (χ4n) is 2.06. The van der Waals surface area contributed by atoms with E-state index in [1.165, 1.54) is 0 Å². The summed E-state index contributed by atoms with van der Waals surface area (Å²) in [6.07, 6.45) is 2.99. The number of unbranched alkanes of at least 4 members (excludes halogenated alkanes) is 1. The molecule has 0 N–H and O–H groups in total. The molecular weight excluding hydrogens is 300 g/mol. The summed E-state index contributed by atoms with van der Waals surface area (Å²) in [5.74, 6) is 0. The Morgan fingerprint density at radius 3 is 2.42 bits per heavy atom. The van der Waals surface area contributed by atoms with Crippen molar-refractivity contribution >= 4 is 15.9 Å². The Morgan fingerprint density at radius 1 is 1.00 bits per heavy atom. The van der Waals surface area contributed by atoms with Crippen LogP contribution in [-0.2, 0) is 6.42 Å². The standard InChI is InChI=1S/C17H17BrO/c1-2-3-7-14-10-16(18)11-15(12-17(14)19)13-8-5-4-6-9-13/h4-6,8-12H,2-3,7H2,1H3. The Morgan fingerprint density at radius 2 is 1.74 bits per heavy atom. The summed E-state index contributed by atoms with van der Waals surface area (Å²) in [5.41, 5.74) is 3.03. The fraction of sp³-hybridized carbons (Fsp3) is 0.235. The van der Waals surface area contributed by atoms with Gasteiger partial charge < -0.3 is 0 Å². The third kappa shape index (κ3) is 3.77. The van der Waals surface area contributed by atoms with Crippen LogP contribution in [0, 0.1) is 0 Å². The molecule has 0 atom stereocenters. The van der Waals surface area contributed by atoms with Gasteiger partial charge in [-0.1, -0.05) is 59.6 Å². The average molecular weight is 317 g/mol. The highest BCUT2D eigenvalue weighted by atomic mass is 79.9. The van der Waals surface area contributed by atoms with Gasteiger partial charge in [0, 0.05) is 10.0 Å². The molecule has 1 nitrogen and oxygen atoms in total. The van der Waals surface area contributed by atoms with Crippen molar-refractivity contribution < 1.29 is 0 Å². The maximum Gasteiger partial charge on any atom is 0.182 e. The van der Waals surface area contributed by atoms with E-state index >= 15 is 0 Å². The van der Waals surface area contributed by atoms with Crippen LogP contribution in [0.3, 0.4) is 0 Å². The molecule has 0 aliphatic rings. The molecule has 0 fully saturated rings. The highest BCUT2D eigenvalue weighted by Gasteiger charge is 2.03. The van der Waals surface area contributed by atoms with E-state index in [4.69, 9.17) is 0 Å². The maximum absolute atomic E-state index is 12.3. The van der Waals surface area contributed by atoms with E-state index in [0.29, 0.717) is 0 Å². The van der Waals surface area contributed by atoms with Crippen LogP contribution in [0.2, 0.25) is 0 Å². The molecule has 2 heteroatoms. The van der Waals surface area contributed by atoms with Gasteiger partial charge >= 0.3 is 0 Å². The molecule has 19 heavy (non-hydrogen) atoms. The molecule has 0 spiro atoms. The van der Waals surface area contributed by atoms with Crippen LogP contribution in [0.5, 0.6) is 0 Å². The van der Waals surface area contributed by atoms with Gasteiger partial charge in [-0.3, -0.25) is 4.79 Å². The quantitative estimate of drug-likeness (QED) is 0.790. The molecule has 0 unspecified atom stereocenters. The average Bonchev–Trinajstić information content (AvgIpc) is 2.56. The molecular formula is C17H17BrO.